The van der Waals surface area contributed by atoms with Gasteiger partial charge < -0.3 is 0 Å². The zero-order valence-corrected chi connectivity index (χ0v) is 6.61. The van der Waals surface area contributed by atoms with Gasteiger partial charge in [0, 0.05) is 12.0 Å². The van der Waals surface area contributed by atoms with Crippen LogP contribution in [0.25, 0.3) is 0 Å². The largest absolute Gasteiger partial charge is 0.272 e. The standard InChI is InChI=1S/C9H12F2/c1-4-6-7-8(3)9(10,11)5-2/h4,6-7H,1,3,5H2,2H3/b7-6-. The summed E-state index contributed by atoms with van der Waals surface area (Å²) >= 11 is 0. The molecule has 0 saturated carbocycles. The molecule has 0 aromatic rings. The van der Waals surface area contributed by atoms with Gasteiger partial charge in [0.15, 0.2) is 0 Å². The van der Waals surface area contributed by atoms with Crippen molar-refractivity contribution in [3.05, 3.63) is 37.0 Å². The Morgan fingerprint density at radius 3 is 2.45 bits per heavy atom. The van der Waals surface area contributed by atoms with Gasteiger partial charge in [0.1, 0.15) is 0 Å². The summed E-state index contributed by atoms with van der Waals surface area (Å²) < 4.78 is 25.4. The fourth-order valence-electron chi connectivity index (χ4n) is 0.533. The molecule has 0 aliphatic carbocycles. The van der Waals surface area contributed by atoms with Crippen LogP contribution in [0.3, 0.4) is 0 Å². The maximum absolute atomic E-state index is 12.7. The van der Waals surface area contributed by atoms with Gasteiger partial charge in [0.05, 0.1) is 0 Å². The Morgan fingerprint density at radius 2 is 2.09 bits per heavy atom. The number of hydrogen-bond acceptors (Lipinski definition) is 0. The van der Waals surface area contributed by atoms with E-state index in [9.17, 15) is 8.78 Å². The SMILES string of the molecule is C=C/C=C\C(=C)C(F)(F)CC. The lowest BCUT2D eigenvalue weighted by Crippen LogP contribution is -2.15. The Hall–Kier alpha value is -0.920. The first kappa shape index (κ1) is 10.1. The molecule has 0 N–H and O–H groups in total. The van der Waals surface area contributed by atoms with Gasteiger partial charge in [-0.2, -0.15) is 0 Å². The number of allylic oxidation sites excluding steroid dienone is 4. The number of alkyl halides is 2. The molecule has 0 bridgehead atoms. The van der Waals surface area contributed by atoms with E-state index in [2.05, 4.69) is 13.2 Å². The molecule has 2 heteroatoms. The van der Waals surface area contributed by atoms with Gasteiger partial charge in [-0.25, -0.2) is 8.78 Å². The van der Waals surface area contributed by atoms with E-state index in [0.717, 1.165) is 0 Å². The van der Waals surface area contributed by atoms with Gasteiger partial charge in [0.2, 0.25) is 0 Å². The number of halogens is 2. The summed E-state index contributed by atoms with van der Waals surface area (Å²) in [5, 5.41) is 0. The van der Waals surface area contributed by atoms with Crippen LogP contribution in [0.4, 0.5) is 8.78 Å². The first-order chi connectivity index (χ1) is 5.04. The van der Waals surface area contributed by atoms with Crippen molar-refractivity contribution in [2.45, 2.75) is 19.3 Å². The van der Waals surface area contributed by atoms with Crippen LogP contribution in [-0.2, 0) is 0 Å². The summed E-state index contributed by atoms with van der Waals surface area (Å²) in [6, 6.07) is 0. The average Bonchev–Trinajstić information content (AvgIpc) is 2.00. The Bertz CT molecular complexity index is 178. The predicted molar refractivity (Wildman–Crippen MR) is 43.7 cm³/mol. The highest BCUT2D eigenvalue weighted by Crippen LogP contribution is 2.26. The first-order valence-electron chi connectivity index (χ1n) is 3.41. The van der Waals surface area contributed by atoms with E-state index in [1.165, 1.54) is 25.2 Å². The minimum absolute atomic E-state index is 0.167. The lowest BCUT2D eigenvalue weighted by Gasteiger charge is -2.13. The second-order valence-electron chi connectivity index (χ2n) is 2.18. The van der Waals surface area contributed by atoms with Crippen LogP contribution in [0.2, 0.25) is 0 Å². The van der Waals surface area contributed by atoms with Gasteiger partial charge in [-0.05, 0) is 0 Å². The topological polar surface area (TPSA) is 0 Å². The molecule has 11 heavy (non-hydrogen) atoms. The minimum atomic E-state index is -2.78. The zero-order valence-electron chi connectivity index (χ0n) is 6.61. The van der Waals surface area contributed by atoms with Crippen molar-refractivity contribution in [1.29, 1.82) is 0 Å². The van der Waals surface area contributed by atoms with Crippen LogP contribution in [0, 0.1) is 0 Å². The van der Waals surface area contributed by atoms with Crippen LogP contribution in [-0.4, -0.2) is 5.92 Å². The van der Waals surface area contributed by atoms with Gasteiger partial charge in [-0.15, -0.1) is 0 Å². The molecule has 0 aliphatic heterocycles. The van der Waals surface area contributed by atoms with Crippen molar-refractivity contribution >= 4 is 0 Å². The summed E-state index contributed by atoms with van der Waals surface area (Å²) in [4.78, 5) is 0. The molecule has 0 spiro atoms. The van der Waals surface area contributed by atoms with E-state index in [1.54, 1.807) is 0 Å². The highest BCUT2D eigenvalue weighted by Gasteiger charge is 2.27. The summed E-state index contributed by atoms with van der Waals surface area (Å²) in [7, 11) is 0. The normalized spacial score (nSPS) is 11.9. The number of rotatable bonds is 4. The average molecular weight is 158 g/mol. The van der Waals surface area contributed by atoms with E-state index < -0.39 is 5.92 Å². The van der Waals surface area contributed by atoms with Crippen molar-refractivity contribution in [2.75, 3.05) is 0 Å². The highest BCUT2D eigenvalue weighted by atomic mass is 19.3. The lowest BCUT2D eigenvalue weighted by atomic mass is 10.1. The lowest BCUT2D eigenvalue weighted by molar-refractivity contribution is 0.0420. The van der Waals surface area contributed by atoms with Crippen molar-refractivity contribution in [2.24, 2.45) is 0 Å². The Kier molecular flexibility index (Phi) is 3.72. The fraction of sp³-hybridized carbons (Fsp3) is 0.333. The Balaban J connectivity index is 4.24. The van der Waals surface area contributed by atoms with Gasteiger partial charge in [-0.1, -0.05) is 38.3 Å². The van der Waals surface area contributed by atoms with E-state index in [0.29, 0.717) is 0 Å². The van der Waals surface area contributed by atoms with Crippen LogP contribution in [0.1, 0.15) is 13.3 Å². The van der Waals surface area contributed by atoms with Gasteiger partial charge >= 0.3 is 0 Å². The Morgan fingerprint density at radius 1 is 1.55 bits per heavy atom. The molecule has 0 fully saturated rings. The van der Waals surface area contributed by atoms with Crippen molar-refractivity contribution in [3.63, 3.8) is 0 Å². The summed E-state index contributed by atoms with van der Waals surface area (Å²) in [5.74, 6) is -2.78. The van der Waals surface area contributed by atoms with E-state index in [4.69, 9.17) is 0 Å². The summed E-state index contributed by atoms with van der Waals surface area (Å²) in [6.45, 7) is 8.04. The predicted octanol–water partition coefficient (Wildman–Crippen LogP) is 3.33. The maximum atomic E-state index is 12.7. The summed E-state index contributed by atoms with van der Waals surface area (Å²) in [6.07, 6.45) is 3.95. The molecular weight excluding hydrogens is 146 g/mol. The first-order valence-corrected chi connectivity index (χ1v) is 3.41. The smallest absolute Gasteiger partial charge is 0.201 e. The maximum Gasteiger partial charge on any atom is 0.272 e. The van der Waals surface area contributed by atoms with Crippen LogP contribution < -0.4 is 0 Å². The van der Waals surface area contributed by atoms with Gasteiger partial charge in [-0.3, -0.25) is 0 Å². The molecule has 0 saturated heterocycles. The third-order valence-corrected chi connectivity index (χ3v) is 1.35. The monoisotopic (exact) mass is 158 g/mol. The third kappa shape index (κ3) is 3.12. The van der Waals surface area contributed by atoms with Gasteiger partial charge in [0.25, 0.3) is 5.92 Å². The molecular formula is C9H12F2. The minimum Gasteiger partial charge on any atom is -0.201 e. The third-order valence-electron chi connectivity index (χ3n) is 1.35. The second kappa shape index (κ2) is 4.06. The fourth-order valence-corrected chi connectivity index (χ4v) is 0.533. The van der Waals surface area contributed by atoms with Crippen molar-refractivity contribution in [1.82, 2.24) is 0 Å². The molecule has 0 amide bonds. The summed E-state index contributed by atoms with van der Waals surface area (Å²) in [5.41, 5.74) is -0.167. The van der Waals surface area contributed by atoms with Crippen molar-refractivity contribution in [3.8, 4) is 0 Å². The van der Waals surface area contributed by atoms with Crippen LogP contribution in [0.5, 0.6) is 0 Å². The Labute approximate surface area is 65.9 Å². The van der Waals surface area contributed by atoms with Crippen LogP contribution >= 0.6 is 0 Å². The highest BCUT2D eigenvalue weighted by molar-refractivity contribution is 5.24. The molecule has 0 aromatic heterocycles. The molecule has 0 rings (SSSR count). The molecule has 0 nitrogen and oxygen atoms in total. The van der Waals surface area contributed by atoms with E-state index in [1.807, 2.05) is 0 Å². The van der Waals surface area contributed by atoms with E-state index in [-0.39, 0.29) is 12.0 Å². The molecule has 0 aliphatic rings. The molecule has 0 aromatic carbocycles. The molecule has 62 valence electrons. The zero-order chi connectivity index (χ0) is 8.91. The molecule has 0 radical (unpaired) electrons. The van der Waals surface area contributed by atoms with Crippen molar-refractivity contribution < 1.29 is 8.78 Å². The number of hydrogen-bond donors (Lipinski definition) is 0. The van der Waals surface area contributed by atoms with Crippen LogP contribution in [0.15, 0.2) is 37.0 Å². The van der Waals surface area contributed by atoms with E-state index >= 15 is 0 Å². The second-order valence-corrected chi connectivity index (χ2v) is 2.18. The molecule has 0 unspecified atom stereocenters. The molecule has 0 heterocycles. The molecule has 0 atom stereocenters. The quantitative estimate of drug-likeness (QED) is 0.550.